The first kappa shape index (κ1) is 12.5. The van der Waals surface area contributed by atoms with Crippen molar-refractivity contribution >= 4 is 21.6 Å². The molecule has 0 radical (unpaired) electrons. The Labute approximate surface area is 106 Å². The van der Waals surface area contributed by atoms with Crippen molar-refractivity contribution in [3.05, 3.63) is 23.0 Å². The molecule has 2 aromatic heterocycles. The van der Waals surface area contributed by atoms with E-state index in [4.69, 9.17) is 0 Å². The number of fused-ring (bicyclic) bond motifs is 1. The fraction of sp³-hybridized carbons (Fsp3) is 0.538. The number of aryl methyl sites for hydroxylation is 1. The van der Waals surface area contributed by atoms with E-state index < -0.39 is 0 Å². The first-order valence-electron chi connectivity index (χ1n) is 6.15. The van der Waals surface area contributed by atoms with Gasteiger partial charge in [0.15, 0.2) is 0 Å². The predicted molar refractivity (Wildman–Crippen MR) is 71.4 cm³/mol. The number of aromatic nitrogens is 2. The largest absolute Gasteiger partial charge is 0.393 e. The third-order valence-electron chi connectivity index (χ3n) is 2.86. The lowest BCUT2D eigenvalue weighted by molar-refractivity contribution is 0.163. The van der Waals surface area contributed by atoms with Gasteiger partial charge in [-0.15, -0.1) is 11.3 Å². The Bertz CT molecular complexity index is 495. The molecule has 0 saturated heterocycles. The smallest absolute Gasteiger partial charge is 0.127 e. The van der Waals surface area contributed by atoms with Gasteiger partial charge in [0.2, 0.25) is 0 Å². The summed E-state index contributed by atoms with van der Waals surface area (Å²) in [5.74, 6) is 0. The minimum atomic E-state index is -0.289. The zero-order valence-corrected chi connectivity index (χ0v) is 11.1. The molecule has 2 aromatic rings. The van der Waals surface area contributed by atoms with Crippen LogP contribution >= 0.6 is 11.3 Å². The monoisotopic (exact) mass is 250 g/mol. The van der Waals surface area contributed by atoms with Gasteiger partial charge < -0.3 is 5.11 Å². The van der Waals surface area contributed by atoms with Crippen LogP contribution < -0.4 is 0 Å². The minimum absolute atomic E-state index is 0.289. The second-order valence-corrected chi connectivity index (χ2v) is 5.37. The number of rotatable bonds is 5. The standard InChI is InChI=1S/C13H18N2OS/c1-3-5-9(16)6-12-11-7-10(4-2)17-13(11)15-8-14-12/h7-9,16H,3-6H2,1-2H3. The van der Waals surface area contributed by atoms with Gasteiger partial charge in [-0.25, -0.2) is 9.97 Å². The van der Waals surface area contributed by atoms with E-state index in [-0.39, 0.29) is 6.10 Å². The van der Waals surface area contributed by atoms with Gasteiger partial charge in [0, 0.05) is 16.7 Å². The maximum atomic E-state index is 9.87. The maximum absolute atomic E-state index is 9.87. The summed E-state index contributed by atoms with van der Waals surface area (Å²) in [5, 5.41) is 11.0. The predicted octanol–water partition coefficient (Wildman–Crippen LogP) is 2.96. The fourth-order valence-electron chi connectivity index (χ4n) is 1.95. The molecule has 92 valence electrons. The molecule has 17 heavy (non-hydrogen) atoms. The molecular formula is C13H18N2OS. The third-order valence-corrected chi connectivity index (χ3v) is 4.05. The van der Waals surface area contributed by atoms with Gasteiger partial charge in [0.05, 0.1) is 11.8 Å². The molecule has 4 heteroatoms. The van der Waals surface area contributed by atoms with Crippen LogP contribution in [-0.4, -0.2) is 21.2 Å². The molecular weight excluding hydrogens is 232 g/mol. The molecule has 0 aliphatic heterocycles. The summed E-state index contributed by atoms with van der Waals surface area (Å²) >= 11 is 1.72. The van der Waals surface area contributed by atoms with Crippen LogP contribution in [0.2, 0.25) is 0 Å². The highest BCUT2D eigenvalue weighted by Gasteiger charge is 2.11. The fourth-order valence-corrected chi connectivity index (χ4v) is 2.91. The molecule has 2 heterocycles. The molecule has 1 unspecified atom stereocenters. The second kappa shape index (κ2) is 5.56. The molecule has 0 aromatic carbocycles. The molecule has 2 rings (SSSR count). The van der Waals surface area contributed by atoms with Crippen molar-refractivity contribution in [1.82, 2.24) is 9.97 Å². The summed E-state index contributed by atoms with van der Waals surface area (Å²) in [6.45, 7) is 4.22. The SMILES string of the molecule is CCCC(O)Cc1ncnc2sc(CC)cc12. The quantitative estimate of drug-likeness (QED) is 0.887. The zero-order chi connectivity index (χ0) is 12.3. The minimum Gasteiger partial charge on any atom is -0.393 e. The highest BCUT2D eigenvalue weighted by atomic mass is 32.1. The maximum Gasteiger partial charge on any atom is 0.127 e. The van der Waals surface area contributed by atoms with E-state index in [9.17, 15) is 5.11 Å². The summed E-state index contributed by atoms with van der Waals surface area (Å²) < 4.78 is 0. The second-order valence-electron chi connectivity index (χ2n) is 4.25. The van der Waals surface area contributed by atoms with Gasteiger partial charge in [-0.1, -0.05) is 20.3 Å². The highest BCUT2D eigenvalue weighted by Crippen LogP contribution is 2.26. The van der Waals surface area contributed by atoms with Crippen LogP contribution in [0.5, 0.6) is 0 Å². The van der Waals surface area contributed by atoms with Gasteiger partial charge in [-0.3, -0.25) is 0 Å². The Morgan fingerprint density at radius 2 is 2.18 bits per heavy atom. The van der Waals surface area contributed by atoms with Gasteiger partial charge in [-0.05, 0) is 18.9 Å². The van der Waals surface area contributed by atoms with E-state index in [0.717, 1.165) is 35.2 Å². The zero-order valence-electron chi connectivity index (χ0n) is 10.3. The molecule has 0 aliphatic rings. The van der Waals surface area contributed by atoms with Crippen LogP contribution in [0.15, 0.2) is 12.4 Å². The van der Waals surface area contributed by atoms with E-state index >= 15 is 0 Å². The summed E-state index contributed by atoms with van der Waals surface area (Å²) in [7, 11) is 0. The highest BCUT2D eigenvalue weighted by molar-refractivity contribution is 7.18. The van der Waals surface area contributed by atoms with Crippen molar-refractivity contribution in [3.63, 3.8) is 0 Å². The molecule has 0 amide bonds. The van der Waals surface area contributed by atoms with Crippen molar-refractivity contribution in [2.75, 3.05) is 0 Å². The van der Waals surface area contributed by atoms with E-state index in [0.29, 0.717) is 6.42 Å². The Balaban J connectivity index is 2.30. The normalized spacial score (nSPS) is 13.1. The van der Waals surface area contributed by atoms with Crippen LogP contribution in [0, 0.1) is 0 Å². The molecule has 0 spiro atoms. The van der Waals surface area contributed by atoms with Gasteiger partial charge in [-0.2, -0.15) is 0 Å². The van der Waals surface area contributed by atoms with Crippen molar-refractivity contribution in [3.8, 4) is 0 Å². The molecule has 1 atom stereocenters. The number of thiophene rings is 1. The van der Waals surface area contributed by atoms with Crippen molar-refractivity contribution in [1.29, 1.82) is 0 Å². The summed E-state index contributed by atoms with van der Waals surface area (Å²) in [6, 6.07) is 2.16. The van der Waals surface area contributed by atoms with Crippen LogP contribution in [0.4, 0.5) is 0 Å². The van der Waals surface area contributed by atoms with Gasteiger partial charge in [0.25, 0.3) is 0 Å². The number of hydrogen-bond donors (Lipinski definition) is 1. The van der Waals surface area contributed by atoms with Crippen LogP contribution in [0.25, 0.3) is 10.2 Å². The van der Waals surface area contributed by atoms with Crippen molar-refractivity contribution in [2.24, 2.45) is 0 Å². The molecule has 0 aliphatic carbocycles. The number of aliphatic hydroxyl groups excluding tert-OH is 1. The Morgan fingerprint density at radius 3 is 2.88 bits per heavy atom. The van der Waals surface area contributed by atoms with E-state index in [1.807, 2.05) is 0 Å². The topological polar surface area (TPSA) is 46.0 Å². The first-order chi connectivity index (χ1) is 8.24. The van der Waals surface area contributed by atoms with Crippen molar-refractivity contribution in [2.45, 2.75) is 45.6 Å². The molecule has 0 bridgehead atoms. The number of aliphatic hydroxyl groups is 1. The molecule has 3 nitrogen and oxygen atoms in total. The number of hydrogen-bond acceptors (Lipinski definition) is 4. The van der Waals surface area contributed by atoms with Crippen LogP contribution in [0.3, 0.4) is 0 Å². The lowest BCUT2D eigenvalue weighted by Crippen LogP contribution is -2.11. The Kier molecular flexibility index (Phi) is 4.07. The van der Waals surface area contributed by atoms with Crippen molar-refractivity contribution < 1.29 is 5.11 Å². The van der Waals surface area contributed by atoms with E-state index in [2.05, 4.69) is 29.9 Å². The average molecular weight is 250 g/mol. The van der Waals surface area contributed by atoms with Gasteiger partial charge in [0.1, 0.15) is 11.2 Å². The van der Waals surface area contributed by atoms with Crippen LogP contribution in [0.1, 0.15) is 37.3 Å². The third kappa shape index (κ3) is 2.82. The summed E-state index contributed by atoms with van der Waals surface area (Å²) in [4.78, 5) is 11.0. The van der Waals surface area contributed by atoms with Gasteiger partial charge >= 0.3 is 0 Å². The van der Waals surface area contributed by atoms with E-state index in [1.165, 1.54) is 4.88 Å². The molecule has 1 N–H and O–H groups in total. The summed E-state index contributed by atoms with van der Waals surface area (Å²) in [5.41, 5.74) is 0.979. The molecule has 0 fully saturated rings. The lowest BCUT2D eigenvalue weighted by Gasteiger charge is -2.08. The first-order valence-corrected chi connectivity index (χ1v) is 6.96. The molecule has 0 saturated carbocycles. The summed E-state index contributed by atoms with van der Waals surface area (Å²) in [6.07, 6.45) is 4.80. The average Bonchev–Trinajstić information content (AvgIpc) is 2.73. The van der Waals surface area contributed by atoms with Crippen LogP contribution in [-0.2, 0) is 12.8 Å². The Hall–Kier alpha value is -1.00. The Morgan fingerprint density at radius 1 is 1.35 bits per heavy atom. The lowest BCUT2D eigenvalue weighted by atomic mass is 10.1. The van der Waals surface area contributed by atoms with E-state index in [1.54, 1.807) is 17.7 Å². The number of nitrogens with zero attached hydrogens (tertiary/aromatic N) is 2.